The predicted molar refractivity (Wildman–Crippen MR) is 238 cm³/mol. The Hall–Kier alpha value is -5.92. The molecule has 3 aliphatic rings. The van der Waals surface area contributed by atoms with Gasteiger partial charge in [-0.2, -0.15) is 8.78 Å². The number of nitrogens with one attached hydrogen (secondary N) is 5. The van der Waals surface area contributed by atoms with Gasteiger partial charge in [0.2, 0.25) is 29.5 Å². The third kappa shape index (κ3) is 11.0. The second kappa shape index (κ2) is 19.9. The van der Waals surface area contributed by atoms with Crippen molar-refractivity contribution in [3.05, 3.63) is 94.1 Å². The standard InChI is InChI=1S/C44H50ClF2N8O10P/c1-54-18-17-30-11-14-35(55(30)43(61)34(22-54)52-41(59)33-21-26-20-27(7-12-31(26)51-33)44(46,47)66(62,63)64)42(60)50-29(10-15-37(48)56)23-65-36-4-2-3-25(39(36)45)19-24-5-8-28(9-6-24)49-32-13-16-38(57)53-40(32)58/h2-9,12,20-21,29-30,32,34-35,49,51H,10-11,13-19,22-23H2,1H3,(H2,48,56)(H,50,60)(H,52,59)(H,53,57,58)(H2,62,63,64)/t29-,30+,32?,34-,35-/m0/s1. The number of carbonyl (C=O) groups excluding carboxylic acids is 6. The van der Waals surface area contributed by atoms with E-state index in [0.29, 0.717) is 55.1 Å². The number of carbonyl (C=O) groups is 6. The number of hydrogen-bond donors (Lipinski definition) is 8. The minimum Gasteiger partial charge on any atom is -0.490 e. The number of H-pyrrole nitrogens is 1. The Balaban J connectivity index is 1.00. The number of ether oxygens (including phenoxy) is 1. The molecular weight excluding hydrogens is 905 g/mol. The summed E-state index contributed by atoms with van der Waals surface area (Å²) in [4.78, 5) is 102. The van der Waals surface area contributed by atoms with Crippen molar-refractivity contribution in [3.63, 3.8) is 0 Å². The fourth-order valence-electron chi connectivity index (χ4n) is 8.52. The highest BCUT2D eigenvalue weighted by Gasteiger charge is 2.50. The van der Waals surface area contributed by atoms with Crippen LogP contribution in [0.25, 0.3) is 10.9 Å². The topological polar surface area (TPSA) is 266 Å². The smallest absolute Gasteiger partial charge is 0.399 e. The van der Waals surface area contributed by atoms with Crippen LogP contribution in [0.4, 0.5) is 14.5 Å². The van der Waals surface area contributed by atoms with E-state index in [1.165, 1.54) is 17.0 Å². The van der Waals surface area contributed by atoms with Crippen molar-refractivity contribution in [1.82, 2.24) is 30.7 Å². The molecule has 0 bridgehead atoms. The van der Waals surface area contributed by atoms with Crippen molar-refractivity contribution in [2.75, 3.05) is 32.1 Å². The molecular formula is C44H50ClF2N8O10P. The number of fused-ring (bicyclic) bond motifs is 2. The molecule has 4 heterocycles. The Labute approximate surface area is 382 Å². The van der Waals surface area contributed by atoms with Crippen LogP contribution >= 0.6 is 19.2 Å². The number of piperidine rings is 1. The van der Waals surface area contributed by atoms with E-state index in [1.807, 2.05) is 35.2 Å². The first kappa shape index (κ1) is 48.0. The molecule has 3 fully saturated rings. The van der Waals surface area contributed by atoms with Gasteiger partial charge in [-0.05, 0) is 99.6 Å². The molecule has 0 aliphatic carbocycles. The van der Waals surface area contributed by atoms with Gasteiger partial charge in [-0.1, -0.05) is 41.9 Å². The van der Waals surface area contributed by atoms with Crippen LogP contribution in [0.5, 0.6) is 5.75 Å². The minimum atomic E-state index is -5.84. The van der Waals surface area contributed by atoms with Gasteiger partial charge in [-0.3, -0.25) is 38.6 Å². The number of benzene rings is 3. The second-order valence-electron chi connectivity index (χ2n) is 16.9. The highest BCUT2D eigenvalue weighted by Crippen LogP contribution is 2.59. The monoisotopic (exact) mass is 954 g/mol. The first-order chi connectivity index (χ1) is 31.3. The van der Waals surface area contributed by atoms with Crippen LogP contribution in [0, 0.1) is 0 Å². The number of nitrogens with two attached hydrogens (primary N) is 1. The fraction of sp³-hybridized carbons (Fsp3) is 0.409. The number of likely N-dealkylation sites (N-methyl/N-ethyl adjacent to an activating group) is 1. The van der Waals surface area contributed by atoms with Crippen LogP contribution in [0.1, 0.15) is 72.1 Å². The maximum Gasteiger partial charge on any atom is 0.399 e. The maximum atomic E-state index is 14.4. The molecule has 352 valence electrons. The van der Waals surface area contributed by atoms with Gasteiger partial charge in [-0.15, -0.1) is 0 Å². The number of rotatable bonds is 16. The SMILES string of the molecule is CN1CC[C@H]2CC[C@@H](C(=O)N[C@@H](CCC(N)=O)COc3cccc(Cc4ccc(NC5CCC(=O)NC5=O)cc4)c3Cl)N2C(=O)[C@@H](NC(=O)c2cc3cc(C(F)(F)P(=O)(O)O)ccc3[nH]2)C1. The summed E-state index contributed by atoms with van der Waals surface area (Å²) in [5.74, 6) is -2.67. The van der Waals surface area contributed by atoms with Crippen LogP contribution in [0.15, 0.2) is 66.7 Å². The van der Waals surface area contributed by atoms with Crippen LogP contribution in [0.2, 0.25) is 5.02 Å². The summed E-state index contributed by atoms with van der Waals surface area (Å²) >= 11 is 6.84. The molecule has 6 amide bonds. The van der Waals surface area contributed by atoms with Gasteiger partial charge in [0, 0.05) is 47.6 Å². The van der Waals surface area contributed by atoms with Crippen LogP contribution in [0.3, 0.4) is 0 Å². The number of nitrogens with zero attached hydrogens (tertiary/aromatic N) is 2. The summed E-state index contributed by atoms with van der Waals surface area (Å²) in [6, 6.07) is 13.2. The largest absolute Gasteiger partial charge is 0.490 e. The van der Waals surface area contributed by atoms with Crippen molar-refractivity contribution in [2.24, 2.45) is 5.73 Å². The Bertz CT molecular complexity index is 2570. The van der Waals surface area contributed by atoms with Crippen LogP contribution in [-0.2, 0) is 40.6 Å². The average Bonchev–Trinajstić information content (AvgIpc) is 3.90. The van der Waals surface area contributed by atoms with E-state index in [9.17, 15) is 51.9 Å². The van der Waals surface area contributed by atoms with Crippen molar-refractivity contribution >= 4 is 71.2 Å². The third-order valence-electron chi connectivity index (χ3n) is 12.1. The Kier molecular flexibility index (Phi) is 14.5. The van der Waals surface area contributed by atoms with Crippen LogP contribution in [-0.4, -0.2) is 117 Å². The normalized spacial score (nSPS) is 21.1. The van der Waals surface area contributed by atoms with Crippen molar-refractivity contribution in [2.45, 2.75) is 87.2 Å². The summed E-state index contributed by atoms with van der Waals surface area (Å²) in [7, 11) is -4.05. The van der Waals surface area contributed by atoms with E-state index in [1.54, 1.807) is 19.2 Å². The molecule has 0 radical (unpaired) electrons. The van der Waals surface area contributed by atoms with Crippen molar-refractivity contribution in [3.8, 4) is 5.75 Å². The maximum absolute atomic E-state index is 14.4. The molecule has 0 saturated carbocycles. The number of halogens is 3. The average molecular weight is 955 g/mol. The van der Waals surface area contributed by atoms with Gasteiger partial charge in [-0.25, -0.2) is 0 Å². The Morgan fingerprint density at radius 1 is 1.02 bits per heavy atom. The van der Waals surface area contributed by atoms with Crippen molar-refractivity contribution < 1.29 is 56.6 Å². The minimum absolute atomic E-state index is 0.0754. The molecule has 66 heavy (non-hydrogen) atoms. The lowest BCUT2D eigenvalue weighted by molar-refractivity contribution is -0.143. The molecule has 3 aliphatic heterocycles. The number of amides is 6. The number of hydrogen-bond acceptors (Lipinski definition) is 10. The number of anilines is 1. The summed E-state index contributed by atoms with van der Waals surface area (Å²) in [6.45, 7) is 0.530. The highest BCUT2D eigenvalue weighted by molar-refractivity contribution is 7.52. The van der Waals surface area contributed by atoms with E-state index in [2.05, 4.69) is 26.3 Å². The molecule has 1 unspecified atom stereocenters. The second-order valence-corrected chi connectivity index (χ2v) is 18.9. The first-order valence-electron chi connectivity index (χ1n) is 21.3. The fourth-order valence-corrected chi connectivity index (χ4v) is 9.24. The Morgan fingerprint density at radius 2 is 1.77 bits per heavy atom. The van der Waals surface area contributed by atoms with E-state index < -0.39 is 66.6 Å². The van der Waals surface area contributed by atoms with E-state index >= 15 is 0 Å². The lowest BCUT2D eigenvalue weighted by Gasteiger charge is -2.38. The first-order valence-corrected chi connectivity index (χ1v) is 23.3. The molecule has 0 spiro atoms. The zero-order valence-electron chi connectivity index (χ0n) is 35.7. The van der Waals surface area contributed by atoms with Crippen LogP contribution < -0.4 is 31.7 Å². The highest BCUT2D eigenvalue weighted by atomic mass is 35.5. The number of imide groups is 1. The number of aromatic amines is 1. The van der Waals surface area contributed by atoms with E-state index in [-0.39, 0.29) is 66.9 Å². The quantitative estimate of drug-likeness (QED) is 0.0593. The summed E-state index contributed by atoms with van der Waals surface area (Å²) < 4.78 is 46.5. The van der Waals surface area contributed by atoms with Gasteiger partial charge in [0.25, 0.3) is 5.91 Å². The third-order valence-corrected chi connectivity index (χ3v) is 13.5. The molecule has 3 saturated heterocycles. The molecule has 9 N–H and O–H groups in total. The lowest BCUT2D eigenvalue weighted by Crippen LogP contribution is -2.60. The molecule has 3 aromatic carbocycles. The summed E-state index contributed by atoms with van der Waals surface area (Å²) in [6.07, 6.45) is 2.52. The van der Waals surface area contributed by atoms with Gasteiger partial charge < -0.3 is 51.0 Å². The lowest BCUT2D eigenvalue weighted by atomic mass is 10.0. The van der Waals surface area contributed by atoms with E-state index in [4.69, 9.17) is 22.1 Å². The zero-order chi connectivity index (χ0) is 47.5. The van der Waals surface area contributed by atoms with Gasteiger partial charge >= 0.3 is 13.3 Å². The molecule has 18 nitrogen and oxygen atoms in total. The van der Waals surface area contributed by atoms with E-state index in [0.717, 1.165) is 23.3 Å². The van der Waals surface area contributed by atoms with Gasteiger partial charge in [0.05, 0.1) is 11.1 Å². The summed E-state index contributed by atoms with van der Waals surface area (Å²) in [5, 5.41) is 11.6. The Morgan fingerprint density at radius 3 is 2.48 bits per heavy atom. The van der Waals surface area contributed by atoms with Gasteiger partial charge in [0.15, 0.2) is 0 Å². The number of aromatic nitrogens is 1. The molecule has 5 atom stereocenters. The van der Waals surface area contributed by atoms with Gasteiger partial charge in [0.1, 0.15) is 36.2 Å². The molecule has 7 rings (SSSR count). The number of alkyl halides is 2. The summed E-state index contributed by atoms with van der Waals surface area (Å²) in [5.41, 5.74) is 2.62. The zero-order valence-corrected chi connectivity index (χ0v) is 37.4. The molecule has 4 aromatic rings. The molecule has 22 heteroatoms. The number of primary amides is 1. The predicted octanol–water partition coefficient (Wildman–Crippen LogP) is 3.48. The molecule has 1 aromatic heterocycles. The van der Waals surface area contributed by atoms with Crippen molar-refractivity contribution in [1.29, 1.82) is 0 Å².